The van der Waals surface area contributed by atoms with Gasteiger partial charge in [-0.2, -0.15) is 0 Å². The summed E-state index contributed by atoms with van der Waals surface area (Å²) in [5, 5.41) is 9.00. The number of amides is 1. The summed E-state index contributed by atoms with van der Waals surface area (Å²) < 4.78 is 14.1. The molecule has 1 aliphatic heterocycles. The Kier molecular flexibility index (Phi) is 8.48. The second kappa shape index (κ2) is 12.0. The molecule has 5 rings (SSSR count). The second-order valence-corrected chi connectivity index (χ2v) is 11.3. The number of aliphatic hydroxyl groups excluding tert-OH is 1. The van der Waals surface area contributed by atoms with E-state index < -0.39 is 11.6 Å². The Morgan fingerprint density at radius 3 is 2.29 bits per heavy atom. The highest BCUT2D eigenvalue weighted by Crippen LogP contribution is 2.43. The third-order valence-electron chi connectivity index (χ3n) is 6.56. The van der Waals surface area contributed by atoms with Crippen LogP contribution in [0.15, 0.2) is 86.7 Å². The van der Waals surface area contributed by atoms with E-state index in [1.54, 1.807) is 0 Å². The monoisotopic (exact) mass is 641 g/mol. The number of carbonyl (C=O) groups excluding carboxylic acids is 1. The predicted molar refractivity (Wildman–Crippen MR) is 153 cm³/mol. The number of carbonyl (C=O) groups is 1. The molecule has 1 amide bonds. The number of nitrogens with one attached hydrogen (secondary N) is 2. The zero-order valence-corrected chi connectivity index (χ0v) is 23.9. The summed E-state index contributed by atoms with van der Waals surface area (Å²) in [5.74, 6) is 0.857. The zero-order valence-electron chi connectivity index (χ0n) is 20.7. The highest BCUT2D eigenvalue weighted by molar-refractivity contribution is 9.10. The van der Waals surface area contributed by atoms with Crippen molar-refractivity contribution in [3.8, 4) is 5.75 Å². The quantitative estimate of drug-likeness (QED) is 0.196. The Bertz CT molecular complexity index is 1280. The van der Waals surface area contributed by atoms with Gasteiger partial charge >= 0.3 is 0 Å². The molecule has 0 unspecified atom stereocenters. The lowest BCUT2D eigenvalue weighted by Crippen LogP contribution is -2.54. The Morgan fingerprint density at radius 1 is 1.00 bits per heavy atom. The number of hydrogen-bond donors (Lipinski definition) is 3. The van der Waals surface area contributed by atoms with Crippen LogP contribution in [0.25, 0.3) is 0 Å². The highest BCUT2D eigenvalue weighted by atomic mass is 79.9. The molecule has 198 valence electrons. The van der Waals surface area contributed by atoms with Crippen LogP contribution in [0.4, 0.5) is 0 Å². The average molecular weight is 643 g/mol. The lowest BCUT2D eigenvalue weighted by molar-refractivity contribution is -0.130. The summed E-state index contributed by atoms with van der Waals surface area (Å²) in [6.07, 6.45) is 2.35. The zero-order chi connectivity index (χ0) is 26.5. The lowest BCUT2D eigenvalue weighted by Gasteiger charge is -2.31. The van der Waals surface area contributed by atoms with E-state index in [-0.39, 0.29) is 12.5 Å². The molecule has 0 radical (unpaired) electrons. The molecule has 38 heavy (non-hydrogen) atoms. The molecule has 9 heteroatoms. The van der Waals surface area contributed by atoms with Gasteiger partial charge in [0.1, 0.15) is 5.75 Å². The second-order valence-electron chi connectivity index (χ2n) is 9.52. The molecule has 2 aliphatic rings. The minimum absolute atomic E-state index is 0.0816. The van der Waals surface area contributed by atoms with Crippen molar-refractivity contribution in [2.75, 3.05) is 13.2 Å². The standard InChI is InChI=1S/C29H29Br2N3O4/c30-22-8-2-19(3-9-22)18-29(28(36)34-33-24-12-13-24)26(20-4-10-23(31)11-5-20)38-27(32-29)21-6-14-25(15-7-21)37-17-1-16-35/h2-11,14-15,24,26,33,35H,1,12-13,16-18H2,(H,34,36)/t26-,29-/m0/s1. The summed E-state index contributed by atoms with van der Waals surface area (Å²) in [6, 6.07) is 23.5. The van der Waals surface area contributed by atoms with E-state index in [1.807, 2.05) is 72.8 Å². The highest BCUT2D eigenvalue weighted by Gasteiger charge is 2.53. The fourth-order valence-electron chi connectivity index (χ4n) is 4.34. The number of halogens is 2. The molecule has 0 aromatic heterocycles. The van der Waals surface area contributed by atoms with Crippen LogP contribution in [0.1, 0.15) is 42.1 Å². The van der Waals surface area contributed by atoms with Crippen molar-refractivity contribution in [1.82, 2.24) is 10.9 Å². The van der Waals surface area contributed by atoms with Gasteiger partial charge in [0.25, 0.3) is 5.91 Å². The average Bonchev–Trinajstić information content (AvgIpc) is 3.69. The molecule has 0 saturated heterocycles. The number of benzene rings is 3. The van der Waals surface area contributed by atoms with E-state index in [0.717, 1.165) is 38.5 Å². The first-order valence-electron chi connectivity index (χ1n) is 12.6. The van der Waals surface area contributed by atoms with Crippen LogP contribution in [-0.2, 0) is 16.0 Å². The van der Waals surface area contributed by atoms with E-state index in [4.69, 9.17) is 19.6 Å². The van der Waals surface area contributed by atoms with E-state index in [2.05, 4.69) is 42.7 Å². The number of nitrogens with zero attached hydrogens (tertiary/aromatic N) is 1. The van der Waals surface area contributed by atoms with Gasteiger partial charge in [-0.15, -0.1) is 0 Å². The van der Waals surface area contributed by atoms with Crippen molar-refractivity contribution in [1.29, 1.82) is 0 Å². The van der Waals surface area contributed by atoms with Crippen LogP contribution in [0, 0.1) is 0 Å². The van der Waals surface area contributed by atoms with E-state index in [0.29, 0.717) is 37.1 Å². The molecule has 1 saturated carbocycles. The number of hydrogen-bond acceptors (Lipinski definition) is 6. The molecule has 0 bridgehead atoms. The van der Waals surface area contributed by atoms with Gasteiger partial charge in [-0.05, 0) is 72.5 Å². The first-order valence-corrected chi connectivity index (χ1v) is 14.2. The largest absolute Gasteiger partial charge is 0.494 e. The fraction of sp³-hybridized carbons (Fsp3) is 0.310. The number of aliphatic imine (C=N–C) groups is 1. The summed E-state index contributed by atoms with van der Waals surface area (Å²) in [5.41, 5.74) is 7.43. The molecule has 0 spiro atoms. The molecule has 1 aliphatic carbocycles. The van der Waals surface area contributed by atoms with E-state index in [9.17, 15) is 4.79 Å². The Balaban J connectivity index is 1.53. The molecular formula is C29H29Br2N3O4. The van der Waals surface area contributed by atoms with Crippen molar-refractivity contribution in [2.45, 2.75) is 43.4 Å². The van der Waals surface area contributed by atoms with Crippen molar-refractivity contribution in [2.24, 2.45) is 4.99 Å². The number of aliphatic hydroxyl groups is 1. The van der Waals surface area contributed by atoms with E-state index >= 15 is 0 Å². The van der Waals surface area contributed by atoms with Gasteiger partial charge in [-0.3, -0.25) is 10.2 Å². The maximum atomic E-state index is 14.0. The normalized spacial score (nSPS) is 20.5. The topological polar surface area (TPSA) is 92.2 Å². The molecule has 3 aromatic carbocycles. The minimum atomic E-state index is -1.24. The molecule has 1 heterocycles. The third kappa shape index (κ3) is 6.29. The molecule has 3 aromatic rings. The molecule has 2 atom stereocenters. The summed E-state index contributed by atoms with van der Waals surface area (Å²) in [7, 11) is 0. The van der Waals surface area contributed by atoms with Crippen molar-refractivity contribution in [3.05, 3.63) is 98.4 Å². The van der Waals surface area contributed by atoms with Gasteiger partial charge in [0, 0.05) is 40.0 Å². The molecule has 1 fully saturated rings. The van der Waals surface area contributed by atoms with Crippen LogP contribution in [0.5, 0.6) is 5.75 Å². The van der Waals surface area contributed by atoms with Crippen LogP contribution in [0.2, 0.25) is 0 Å². The van der Waals surface area contributed by atoms with Gasteiger partial charge in [0.05, 0.1) is 6.61 Å². The lowest BCUT2D eigenvalue weighted by atomic mass is 9.82. The fourth-order valence-corrected chi connectivity index (χ4v) is 4.87. The number of hydrazine groups is 1. The molecule has 3 N–H and O–H groups in total. The smallest absolute Gasteiger partial charge is 0.266 e. The maximum absolute atomic E-state index is 14.0. The SMILES string of the molecule is O=C(NNC1CC1)[C@@]1(Cc2ccc(Br)cc2)N=C(c2ccc(OCCCO)cc2)O[C@H]1c1ccc(Br)cc1. The van der Waals surface area contributed by atoms with Gasteiger partial charge in [0.15, 0.2) is 11.6 Å². The minimum Gasteiger partial charge on any atom is -0.494 e. The third-order valence-corrected chi connectivity index (χ3v) is 7.61. The first-order chi connectivity index (χ1) is 18.5. The van der Waals surface area contributed by atoms with Crippen LogP contribution >= 0.6 is 31.9 Å². The van der Waals surface area contributed by atoms with Crippen LogP contribution < -0.4 is 15.6 Å². The molecular weight excluding hydrogens is 614 g/mol. The van der Waals surface area contributed by atoms with Crippen LogP contribution in [-0.4, -0.2) is 41.7 Å². The van der Waals surface area contributed by atoms with Gasteiger partial charge < -0.3 is 14.6 Å². The van der Waals surface area contributed by atoms with Gasteiger partial charge in [-0.1, -0.05) is 56.1 Å². The first kappa shape index (κ1) is 26.9. The Hall–Kier alpha value is -2.72. The predicted octanol–water partition coefficient (Wildman–Crippen LogP) is 5.26. The maximum Gasteiger partial charge on any atom is 0.266 e. The molecule has 7 nitrogen and oxygen atoms in total. The number of rotatable bonds is 11. The number of ether oxygens (including phenoxy) is 2. The van der Waals surface area contributed by atoms with Gasteiger partial charge in [0.2, 0.25) is 5.90 Å². The van der Waals surface area contributed by atoms with Crippen LogP contribution in [0.3, 0.4) is 0 Å². The summed E-state index contributed by atoms with van der Waals surface area (Å²) in [4.78, 5) is 19.0. The summed E-state index contributed by atoms with van der Waals surface area (Å²) >= 11 is 7.01. The van der Waals surface area contributed by atoms with Gasteiger partial charge in [-0.25, -0.2) is 10.4 Å². The summed E-state index contributed by atoms with van der Waals surface area (Å²) in [6.45, 7) is 0.516. The van der Waals surface area contributed by atoms with Crippen molar-refractivity contribution >= 4 is 43.7 Å². The Morgan fingerprint density at radius 2 is 1.66 bits per heavy atom. The van der Waals surface area contributed by atoms with Crippen molar-refractivity contribution in [3.63, 3.8) is 0 Å². The Labute approximate surface area is 238 Å². The van der Waals surface area contributed by atoms with E-state index in [1.165, 1.54) is 0 Å². The van der Waals surface area contributed by atoms with Crippen molar-refractivity contribution < 1.29 is 19.4 Å².